The van der Waals surface area contributed by atoms with Gasteiger partial charge < -0.3 is 19.4 Å². The number of anilines is 1. The number of imidazole rings is 1. The van der Waals surface area contributed by atoms with Gasteiger partial charge in [0.15, 0.2) is 6.10 Å². The van der Waals surface area contributed by atoms with E-state index in [-0.39, 0.29) is 17.5 Å². The van der Waals surface area contributed by atoms with E-state index in [4.69, 9.17) is 9.40 Å². The van der Waals surface area contributed by atoms with Crippen LogP contribution in [0.15, 0.2) is 132 Å². The van der Waals surface area contributed by atoms with E-state index in [0.717, 1.165) is 22.3 Å². The Morgan fingerprint density at radius 1 is 0.811 bits per heavy atom. The van der Waals surface area contributed by atoms with E-state index >= 15 is 0 Å². The highest BCUT2D eigenvalue weighted by Crippen LogP contribution is 2.41. The molecule has 270 valence electrons. The highest BCUT2D eigenvalue weighted by atomic mass is 16.4. The van der Waals surface area contributed by atoms with E-state index in [1.165, 1.54) is 4.90 Å². The number of benzene rings is 4. The molecule has 3 atom stereocenters. The van der Waals surface area contributed by atoms with Crippen molar-refractivity contribution < 1.29 is 19.1 Å². The van der Waals surface area contributed by atoms with E-state index in [0.29, 0.717) is 18.0 Å². The third-order valence-corrected chi connectivity index (χ3v) is 9.96. The summed E-state index contributed by atoms with van der Waals surface area (Å²) < 4.78 is 7.83. The van der Waals surface area contributed by atoms with Crippen LogP contribution in [-0.2, 0) is 22.2 Å². The molecule has 0 radical (unpaired) electrons. The van der Waals surface area contributed by atoms with Gasteiger partial charge in [-0.3, -0.25) is 14.5 Å². The van der Waals surface area contributed by atoms with Crippen molar-refractivity contribution >= 4 is 17.5 Å². The lowest BCUT2D eigenvalue weighted by Gasteiger charge is -2.37. The van der Waals surface area contributed by atoms with Gasteiger partial charge in [-0.05, 0) is 34.2 Å². The molecule has 1 aliphatic rings. The summed E-state index contributed by atoms with van der Waals surface area (Å²) in [4.78, 5) is 35.3. The number of fused-ring (bicyclic) bond motifs is 1. The second-order valence-electron chi connectivity index (χ2n) is 14.9. The zero-order valence-electron chi connectivity index (χ0n) is 30.5. The molecule has 10 heteroatoms. The van der Waals surface area contributed by atoms with Gasteiger partial charge in [-0.15, -0.1) is 10.2 Å². The minimum absolute atomic E-state index is 0.0286. The van der Waals surface area contributed by atoms with Crippen molar-refractivity contribution in [3.8, 4) is 0 Å². The number of rotatable bonds is 10. The molecule has 2 N–H and O–H groups in total. The van der Waals surface area contributed by atoms with Crippen molar-refractivity contribution in [1.82, 2.24) is 25.1 Å². The number of hydrogen-bond acceptors (Lipinski definition) is 7. The number of aliphatic hydroxyl groups excluding tert-OH is 1. The molecule has 0 spiro atoms. The molecule has 1 aliphatic heterocycles. The molecular weight excluding hydrogens is 665 g/mol. The number of hydrogen-bond donors (Lipinski definition) is 2. The number of carbonyl (C=O) groups excluding carboxylic acids is 2. The summed E-state index contributed by atoms with van der Waals surface area (Å²) in [5.74, 6) is -0.607. The maximum Gasteiger partial charge on any atom is 0.279 e. The van der Waals surface area contributed by atoms with Crippen molar-refractivity contribution in [3.63, 3.8) is 0 Å². The number of aliphatic hydroxyl groups is 1. The molecule has 0 saturated carbocycles. The molecule has 0 fully saturated rings. The molecule has 2 amide bonds. The van der Waals surface area contributed by atoms with Crippen molar-refractivity contribution in [2.75, 3.05) is 4.90 Å². The third-order valence-electron chi connectivity index (χ3n) is 9.96. The molecule has 2 aromatic heterocycles. The average molecular weight is 709 g/mol. The van der Waals surface area contributed by atoms with E-state index in [9.17, 15) is 14.7 Å². The highest BCUT2D eigenvalue weighted by molar-refractivity contribution is 6.10. The number of aromatic nitrogens is 4. The molecule has 53 heavy (non-hydrogen) atoms. The van der Waals surface area contributed by atoms with E-state index in [1.807, 2.05) is 118 Å². The van der Waals surface area contributed by atoms with Crippen molar-refractivity contribution in [3.05, 3.63) is 168 Å². The first-order valence-electron chi connectivity index (χ1n) is 17.9. The number of nitrogens with zero attached hydrogens (tertiary/aromatic N) is 5. The smallest absolute Gasteiger partial charge is 0.279 e. The van der Waals surface area contributed by atoms with Gasteiger partial charge in [0.2, 0.25) is 17.7 Å². The maximum atomic E-state index is 14.7. The van der Waals surface area contributed by atoms with Crippen LogP contribution in [0.5, 0.6) is 0 Å². The Morgan fingerprint density at radius 3 is 1.89 bits per heavy atom. The summed E-state index contributed by atoms with van der Waals surface area (Å²) in [5, 5.41) is 22.7. The zero-order valence-corrected chi connectivity index (χ0v) is 30.5. The fourth-order valence-corrected chi connectivity index (χ4v) is 7.25. The lowest BCUT2D eigenvalue weighted by atomic mass is 9.77. The number of amides is 2. The average Bonchev–Trinajstić information content (AvgIpc) is 3.95. The quantitative estimate of drug-likeness (QED) is 0.149. The first-order chi connectivity index (χ1) is 25.5. The van der Waals surface area contributed by atoms with Crippen LogP contribution in [0.3, 0.4) is 0 Å². The van der Waals surface area contributed by atoms with Gasteiger partial charge in [0.25, 0.3) is 5.91 Å². The zero-order chi connectivity index (χ0) is 37.3. The molecule has 4 aromatic carbocycles. The van der Waals surface area contributed by atoms with Crippen LogP contribution in [0.1, 0.15) is 85.2 Å². The monoisotopic (exact) mass is 708 g/mol. The van der Waals surface area contributed by atoms with Crippen LogP contribution in [0, 0.1) is 5.92 Å². The van der Waals surface area contributed by atoms with Crippen LogP contribution in [0.2, 0.25) is 0 Å². The van der Waals surface area contributed by atoms with Crippen molar-refractivity contribution in [2.45, 2.75) is 70.2 Å². The van der Waals surface area contributed by atoms with E-state index in [2.05, 4.69) is 51.9 Å². The summed E-state index contributed by atoms with van der Waals surface area (Å²) in [6, 6.07) is 36.3. The molecule has 7 rings (SSSR count). The highest BCUT2D eigenvalue weighted by Gasteiger charge is 2.43. The molecule has 0 saturated heterocycles. The fraction of sp³-hybridized carbons (Fsp3) is 0.279. The SMILES string of the molecule is CC(C)[C@H](NC(=O)[C@@H]1Cc2ccccc2N1C(=O)c1cn(C(c2ccccc2)(c2ccccc2)c2ccccc2)cn1)C(O)c1nnc(C(C)(C)C)o1. The third kappa shape index (κ3) is 6.55. The minimum atomic E-state index is -1.26. The fourth-order valence-electron chi connectivity index (χ4n) is 7.25. The van der Waals surface area contributed by atoms with Crippen LogP contribution in [-0.4, -0.2) is 48.8 Å². The Morgan fingerprint density at radius 2 is 1.36 bits per heavy atom. The number of nitrogens with one attached hydrogen (secondary N) is 1. The predicted octanol–water partition coefficient (Wildman–Crippen LogP) is 6.85. The normalized spacial score (nSPS) is 15.6. The largest absolute Gasteiger partial charge is 0.422 e. The summed E-state index contributed by atoms with van der Waals surface area (Å²) in [5.41, 5.74) is 3.39. The standard InChI is InChI=1S/C43H44N6O4/c1-28(2)36(37(50)39-46-47-41(53-39)42(3,4)5)45-38(51)35-25-29-17-15-16-24-34(29)49(35)40(52)33-26-48(27-44-33)43(30-18-9-6-10-19-30,31-20-11-7-12-21-31)32-22-13-8-14-23-32/h6-24,26-28,35-37,50H,25H2,1-5H3,(H,45,51)/t35-,36-,37?/m0/s1. The van der Waals surface area contributed by atoms with Gasteiger partial charge in [0.05, 0.1) is 12.4 Å². The van der Waals surface area contributed by atoms with Gasteiger partial charge in [-0.2, -0.15) is 0 Å². The predicted molar refractivity (Wildman–Crippen MR) is 202 cm³/mol. The van der Waals surface area contributed by atoms with Gasteiger partial charge in [0.1, 0.15) is 17.3 Å². The van der Waals surface area contributed by atoms with Gasteiger partial charge in [-0.1, -0.05) is 144 Å². The topological polar surface area (TPSA) is 126 Å². The van der Waals surface area contributed by atoms with E-state index in [1.54, 1.807) is 12.5 Å². The van der Waals surface area contributed by atoms with Crippen molar-refractivity contribution in [1.29, 1.82) is 0 Å². The second-order valence-corrected chi connectivity index (χ2v) is 14.9. The lowest BCUT2D eigenvalue weighted by molar-refractivity contribution is -0.124. The van der Waals surface area contributed by atoms with Gasteiger partial charge in [-0.25, -0.2) is 4.98 Å². The summed E-state index contributed by atoms with van der Waals surface area (Å²) in [6.07, 6.45) is 2.51. The van der Waals surface area contributed by atoms with E-state index < -0.39 is 41.0 Å². The Kier molecular flexibility index (Phi) is 9.57. The number of para-hydroxylation sites is 1. The summed E-state index contributed by atoms with van der Waals surface area (Å²) in [7, 11) is 0. The van der Waals surface area contributed by atoms with Crippen molar-refractivity contribution in [2.24, 2.45) is 5.92 Å². The Balaban J connectivity index is 1.26. The Hall–Kier alpha value is -5.87. The number of carbonyl (C=O) groups is 2. The minimum Gasteiger partial charge on any atom is -0.422 e. The van der Waals surface area contributed by atoms with Gasteiger partial charge in [0, 0.05) is 23.7 Å². The molecule has 0 bridgehead atoms. The van der Waals surface area contributed by atoms with Crippen LogP contribution < -0.4 is 10.2 Å². The summed E-state index contributed by atoms with van der Waals surface area (Å²) >= 11 is 0. The van der Waals surface area contributed by atoms with Crippen LogP contribution in [0.25, 0.3) is 0 Å². The molecule has 1 unspecified atom stereocenters. The molecule has 3 heterocycles. The second kappa shape index (κ2) is 14.3. The summed E-state index contributed by atoms with van der Waals surface area (Å²) in [6.45, 7) is 9.61. The molecule has 6 aromatic rings. The van der Waals surface area contributed by atoms with Gasteiger partial charge >= 0.3 is 0 Å². The molecule has 10 nitrogen and oxygen atoms in total. The first-order valence-corrected chi connectivity index (χ1v) is 17.9. The van der Waals surface area contributed by atoms with Crippen LogP contribution in [0.4, 0.5) is 5.69 Å². The molecule has 0 aliphatic carbocycles. The Bertz CT molecular complexity index is 2090. The molecular formula is C43H44N6O4. The van der Waals surface area contributed by atoms with Crippen LogP contribution >= 0.6 is 0 Å². The lowest BCUT2D eigenvalue weighted by Crippen LogP contribution is -2.53. The Labute approximate surface area is 309 Å². The maximum absolute atomic E-state index is 14.7. The first kappa shape index (κ1) is 35.5.